The molecule has 0 bridgehead atoms. The van der Waals surface area contributed by atoms with Crippen molar-refractivity contribution in [3.63, 3.8) is 0 Å². The van der Waals surface area contributed by atoms with Gasteiger partial charge in [-0.1, -0.05) is 6.07 Å². The normalized spacial score (nSPS) is 11.8. The summed E-state index contributed by atoms with van der Waals surface area (Å²) in [5.74, 6) is -0.446. The molecule has 0 aliphatic rings. The fourth-order valence-corrected chi connectivity index (χ4v) is 3.62. The van der Waals surface area contributed by atoms with Crippen LogP contribution >= 0.6 is 0 Å². The summed E-state index contributed by atoms with van der Waals surface area (Å²) in [7, 11) is -3.74. The van der Waals surface area contributed by atoms with E-state index in [1.165, 1.54) is 19.1 Å². The van der Waals surface area contributed by atoms with Crippen molar-refractivity contribution in [3.05, 3.63) is 75.3 Å². The molecular weight excluding hydrogens is 343 g/mol. The number of aromatic nitrogens is 1. The van der Waals surface area contributed by atoms with Gasteiger partial charge >= 0.3 is 0 Å². The molecule has 3 aromatic rings. The van der Waals surface area contributed by atoms with Gasteiger partial charge in [0, 0.05) is 17.6 Å². The van der Waals surface area contributed by atoms with Gasteiger partial charge in [0.25, 0.3) is 5.56 Å². The summed E-state index contributed by atoms with van der Waals surface area (Å²) < 4.78 is 40.5. The fourth-order valence-electron chi connectivity index (χ4n) is 2.52. The Balaban J connectivity index is 1.85. The Labute approximate surface area is 144 Å². The molecular formula is C18H17FN2O3S. The van der Waals surface area contributed by atoms with E-state index in [0.717, 1.165) is 17.0 Å². The zero-order valence-corrected chi connectivity index (χ0v) is 14.6. The zero-order chi connectivity index (χ0) is 18.2. The molecule has 0 fully saturated rings. The van der Waals surface area contributed by atoms with E-state index in [1.807, 2.05) is 6.07 Å². The second-order valence-corrected chi connectivity index (χ2v) is 7.71. The molecule has 1 heterocycles. The van der Waals surface area contributed by atoms with Gasteiger partial charge in [0.1, 0.15) is 5.82 Å². The highest BCUT2D eigenvalue weighted by Crippen LogP contribution is 2.16. The molecule has 0 radical (unpaired) electrons. The lowest BCUT2D eigenvalue weighted by molar-refractivity contribution is 0.579. The highest BCUT2D eigenvalue weighted by molar-refractivity contribution is 7.89. The van der Waals surface area contributed by atoms with Crippen molar-refractivity contribution < 1.29 is 12.8 Å². The van der Waals surface area contributed by atoms with Crippen LogP contribution in [0.5, 0.6) is 0 Å². The van der Waals surface area contributed by atoms with Gasteiger partial charge in [-0.15, -0.1) is 0 Å². The minimum Gasteiger partial charge on any atom is -0.322 e. The van der Waals surface area contributed by atoms with Crippen LogP contribution < -0.4 is 10.3 Å². The minimum absolute atomic E-state index is 0.0207. The van der Waals surface area contributed by atoms with E-state index in [1.54, 1.807) is 25.1 Å². The van der Waals surface area contributed by atoms with E-state index in [2.05, 4.69) is 9.71 Å². The van der Waals surface area contributed by atoms with E-state index in [4.69, 9.17) is 0 Å². The van der Waals surface area contributed by atoms with Crippen molar-refractivity contribution >= 4 is 20.9 Å². The highest BCUT2D eigenvalue weighted by atomic mass is 32.2. The number of halogens is 1. The number of rotatable bonds is 4. The van der Waals surface area contributed by atoms with Crippen LogP contribution in [-0.2, 0) is 16.6 Å². The van der Waals surface area contributed by atoms with Crippen LogP contribution in [0.4, 0.5) is 4.39 Å². The molecule has 5 nitrogen and oxygen atoms in total. The molecule has 0 unspecified atom stereocenters. The zero-order valence-electron chi connectivity index (χ0n) is 13.8. The number of hydrogen-bond donors (Lipinski definition) is 2. The number of hydrogen-bond acceptors (Lipinski definition) is 3. The molecule has 0 atom stereocenters. The molecule has 0 aliphatic carbocycles. The quantitative estimate of drug-likeness (QED) is 0.751. The number of benzene rings is 2. The largest absolute Gasteiger partial charge is 0.322 e. The van der Waals surface area contributed by atoms with Gasteiger partial charge in [0.2, 0.25) is 10.0 Å². The standard InChI is InChI=1S/C18H17FN2O3S/c1-11-8-15(4-5-16(11)19)25(23,24)20-10-13-3-6-17-14(9-13)7-12(2)18(22)21-17/h3-9,20H,10H2,1-2H3,(H,21,22). The molecule has 25 heavy (non-hydrogen) atoms. The molecule has 2 N–H and O–H groups in total. The first kappa shape index (κ1) is 17.3. The summed E-state index contributed by atoms with van der Waals surface area (Å²) in [6, 6.07) is 10.7. The lowest BCUT2D eigenvalue weighted by Gasteiger charge is -2.09. The van der Waals surface area contributed by atoms with Gasteiger partial charge in [-0.2, -0.15) is 0 Å². The molecule has 0 saturated carbocycles. The number of pyridine rings is 1. The van der Waals surface area contributed by atoms with Crippen LogP contribution in [0, 0.1) is 19.7 Å². The van der Waals surface area contributed by atoms with E-state index in [-0.39, 0.29) is 22.6 Å². The first-order valence-electron chi connectivity index (χ1n) is 7.65. The van der Waals surface area contributed by atoms with Crippen LogP contribution in [-0.4, -0.2) is 13.4 Å². The number of aryl methyl sites for hydroxylation is 2. The van der Waals surface area contributed by atoms with Crippen LogP contribution in [0.2, 0.25) is 0 Å². The third kappa shape index (κ3) is 3.62. The van der Waals surface area contributed by atoms with Crippen molar-refractivity contribution in [3.8, 4) is 0 Å². The lowest BCUT2D eigenvalue weighted by atomic mass is 10.1. The Bertz CT molecular complexity index is 1120. The van der Waals surface area contributed by atoms with Crippen LogP contribution in [0.3, 0.4) is 0 Å². The summed E-state index contributed by atoms with van der Waals surface area (Å²) in [4.78, 5) is 14.4. The van der Waals surface area contributed by atoms with Crippen LogP contribution in [0.15, 0.2) is 52.2 Å². The van der Waals surface area contributed by atoms with E-state index in [0.29, 0.717) is 11.1 Å². The number of fused-ring (bicyclic) bond motifs is 1. The topological polar surface area (TPSA) is 79.0 Å². The molecule has 0 saturated heterocycles. The Morgan fingerprint density at radius 2 is 1.80 bits per heavy atom. The summed E-state index contributed by atoms with van der Waals surface area (Å²) >= 11 is 0. The predicted octanol–water partition coefficient (Wildman–Crippen LogP) is 2.76. The van der Waals surface area contributed by atoms with Crippen LogP contribution in [0.25, 0.3) is 10.9 Å². The summed E-state index contributed by atoms with van der Waals surface area (Å²) in [5, 5.41) is 0.825. The first-order valence-corrected chi connectivity index (χ1v) is 9.13. The van der Waals surface area contributed by atoms with E-state index < -0.39 is 15.8 Å². The lowest BCUT2D eigenvalue weighted by Crippen LogP contribution is -2.23. The molecule has 0 spiro atoms. The summed E-state index contributed by atoms with van der Waals surface area (Å²) in [5.41, 5.74) is 2.16. The molecule has 130 valence electrons. The fraction of sp³-hybridized carbons (Fsp3) is 0.167. The molecule has 3 rings (SSSR count). The average molecular weight is 360 g/mol. The average Bonchev–Trinajstić information content (AvgIpc) is 2.56. The number of H-pyrrole nitrogens is 1. The monoisotopic (exact) mass is 360 g/mol. The SMILES string of the molecule is Cc1cc(S(=O)(=O)NCc2ccc3[nH]c(=O)c(C)cc3c2)ccc1F. The summed E-state index contributed by atoms with van der Waals surface area (Å²) in [6.45, 7) is 3.32. The second kappa shape index (κ2) is 6.42. The maximum Gasteiger partial charge on any atom is 0.251 e. The third-order valence-electron chi connectivity index (χ3n) is 4.00. The Kier molecular flexibility index (Phi) is 4.45. The number of sulfonamides is 1. The number of aromatic amines is 1. The second-order valence-electron chi connectivity index (χ2n) is 5.94. The predicted molar refractivity (Wildman–Crippen MR) is 94.5 cm³/mol. The molecule has 0 aliphatic heterocycles. The van der Waals surface area contributed by atoms with Crippen molar-refractivity contribution in [2.24, 2.45) is 0 Å². The van der Waals surface area contributed by atoms with Gasteiger partial charge in [-0.3, -0.25) is 4.79 Å². The Morgan fingerprint density at radius 3 is 2.52 bits per heavy atom. The summed E-state index contributed by atoms with van der Waals surface area (Å²) in [6.07, 6.45) is 0. The van der Waals surface area contributed by atoms with Gasteiger partial charge < -0.3 is 4.98 Å². The molecule has 2 aromatic carbocycles. The van der Waals surface area contributed by atoms with Gasteiger partial charge in [0.15, 0.2) is 0 Å². The van der Waals surface area contributed by atoms with Crippen molar-refractivity contribution in [1.82, 2.24) is 9.71 Å². The third-order valence-corrected chi connectivity index (χ3v) is 5.40. The van der Waals surface area contributed by atoms with Crippen molar-refractivity contribution in [2.75, 3.05) is 0 Å². The van der Waals surface area contributed by atoms with Gasteiger partial charge in [0.05, 0.1) is 4.90 Å². The molecule has 7 heteroatoms. The maximum atomic E-state index is 13.3. The molecule has 1 aromatic heterocycles. The Morgan fingerprint density at radius 1 is 1.04 bits per heavy atom. The highest BCUT2D eigenvalue weighted by Gasteiger charge is 2.15. The smallest absolute Gasteiger partial charge is 0.251 e. The number of nitrogens with one attached hydrogen (secondary N) is 2. The van der Waals surface area contributed by atoms with Crippen molar-refractivity contribution in [2.45, 2.75) is 25.3 Å². The maximum absolute atomic E-state index is 13.3. The van der Waals surface area contributed by atoms with E-state index >= 15 is 0 Å². The van der Waals surface area contributed by atoms with Crippen LogP contribution in [0.1, 0.15) is 16.7 Å². The minimum atomic E-state index is -3.74. The van der Waals surface area contributed by atoms with Gasteiger partial charge in [-0.05, 0) is 66.8 Å². The Hall–Kier alpha value is -2.51. The van der Waals surface area contributed by atoms with Crippen molar-refractivity contribution in [1.29, 1.82) is 0 Å². The molecule has 0 amide bonds. The van der Waals surface area contributed by atoms with Gasteiger partial charge in [-0.25, -0.2) is 17.5 Å². The first-order chi connectivity index (χ1) is 11.8. The van der Waals surface area contributed by atoms with E-state index in [9.17, 15) is 17.6 Å².